The summed E-state index contributed by atoms with van der Waals surface area (Å²) in [4.78, 5) is 11.2. The summed E-state index contributed by atoms with van der Waals surface area (Å²) >= 11 is 4.47. The molecule has 0 unspecified atom stereocenters. The normalized spacial score (nSPS) is 10.5. The molecule has 0 bridgehead atoms. The first-order valence-electron chi connectivity index (χ1n) is 3.39. The highest BCUT2D eigenvalue weighted by Crippen LogP contribution is 2.20. The molecule has 0 fully saturated rings. The van der Waals surface area contributed by atoms with Crippen molar-refractivity contribution in [2.75, 3.05) is 6.54 Å². The number of thiophene rings is 1. The Bertz CT molecular complexity index is 302. The van der Waals surface area contributed by atoms with Crippen molar-refractivity contribution in [1.82, 2.24) is 5.32 Å². The minimum Gasteiger partial charge on any atom is -0.346 e. The fourth-order valence-electron chi connectivity index (χ4n) is 0.709. The van der Waals surface area contributed by atoms with Gasteiger partial charge in [-0.3, -0.25) is 4.79 Å². The van der Waals surface area contributed by atoms with E-state index in [0.29, 0.717) is 10.0 Å². The molecule has 0 atom stereocenters. The number of halogens is 3. The molecule has 0 aliphatic rings. The van der Waals surface area contributed by atoms with Crippen molar-refractivity contribution in [3.63, 3.8) is 0 Å². The maximum atomic E-state index is 11.7. The first-order chi connectivity index (χ1) is 6.11. The van der Waals surface area contributed by atoms with Crippen molar-refractivity contribution in [3.8, 4) is 0 Å². The van der Waals surface area contributed by atoms with Crippen LogP contribution in [-0.2, 0) is 0 Å². The van der Waals surface area contributed by atoms with Crippen LogP contribution in [0, 0.1) is 0 Å². The van der Waals surface area contributed by atoms with Gasteiger partial charge in [-0.1, -0.05) is 0 Å². The molecule has 1 N–H and O–H groups in total. The van der Waals surface area contributed by atoms with Crippen LogP contribution in [0.4, 0.5) is 8.78 Å². The third-order valence-corrected chi connectivity index (χ3v) is 2.98. The monoisotopic (exact) mass is 269 g/mol. The van der Waals surface area contributed by atoms with E-state index in [1.54, 1.807) is 10.8 Å². The van der Waals surface area contributed by atoms with Crippen molar-refractivity contribution >= 4 is 33.2 Å². The molecule has 0 aromatic carbocycles. The number of carbonyl (C=O) groups excluding carboxylic acids is 1. The molecule has 72 valence electrons. The van der Waals surface area contributed by atoms with Gasteiger partial charge in [0.15, 0.2) is 0 Å². The number of alkyl halides is 2. The first-order valence-corrected chi connectivity index (χ1v) is 5.13. The average molecular weight is 270 g/mol. The van der Waals surface area contributed by atoms with E-state index < -0.39 is 18.9 Å². The quantitative estimate of drug-likeness (QED) is 0.898. The van der Waals surface area contributed by atoms with Gasteiger partial charge in [-0.15, -0.1) is 0 Å². The van der Waals surface area contributed by atoms with Gasteiger partial charge in [-0.05, 0) is 15.9 Å². The van der Waals surface area contributed by atoms with Crippen molar-refractivity contribution in [2.45, 2.75) is 6.43 Å². The standard InChI is InChI=1S/C7H6BrF2NOS/c8-5-3-13-2-4(5)7(12)11-1-6(9)10/h2-3,6H,1H2,(H,11,12). The van der Waals surface area contributed by atoms with Gasteiger partial charge in [-0.25, -0.2) is 8.78 Å². The van der Waals surface area contributed by atoms with Crippen molar-refractivity contribution in [2.24, 2.45) is 0 Å². The summed E-state index contributed by atoms with van der Waals surface area (Å²) in [7, 11) is 0. The van der Waals surface area contributed by atoms with E-state index in [-0.39, 0.29) is 0 Å². The molecule has 1 aromatic heterocycles. The summed E-state index contributed by atoms with van der Waals surface area (Å²) in [6.45, 7) is -0.610. The predicted molar refractivity (Wildman–Crippen MR) is 50.4 cm³/mol. The molecule has 1 heterocycles. The number of hydrogen-bond donors (Lipinski definition) is 1. The summed E-state index contributed by atoms with van der Waals surface area (Å²) < 4.78 is 24.1. The lowest BCUT2D eigenvalue weighted by atomic mass is 10.3. The number of amides is 1. The molecule has 0 saturated carbocycles. The van der Waals surface area contributed by atoms with Crippen molar-refractivity contribution in [3.05, 3.63) is 20.8 Å². The topological polar surface area (TPSA) is 29.1 Å². The highest BCUT2D eigenvalue weighted by Gasteiger charge is 2.12. The van der Waals surface area contributed by atoms with Gasteiger partial charge in [-0.2, -0.15) is 11.3 Å². The zero-order valence-electron chi connectivity index (χ0n) is 6.39. The highest BCUT2D eigenvalue weighted by atomic mass is 79.9. The average Bonchev–Trinajstić information content (AvgIpc) is 2.47. The third kappa shape index (κ3) is 3.04. The largest absolute Gasteiger partial charge is 0.346 e. The van der Waals surface area contributed by atoms with E-state index in [9.17, 15) is 13.6 Å². The molecule has 1 rings (SSSR count). The minimum atomic E-state index is -2.51. The molecular formula is C7H6BrF2NOS. The molecule has 0 spiro atoms. The zero-order valence-corrected chi connectivity index (χ0v) is 8.79. The molecule has 0 saturated heterocycles. The van der Waals surface area contributed by atoms with Crippen LogP contribution >= 0.6 is 27.3 Å². The molecule has 1 aromatic rings. The summed E-state index contributed by atoms with van der Waals surface area (Å²) in [5, 5.41) is 5.43. The SMILES string of the molecule is O=C(NCC(F)F)c1cscc1Br. The molecular weight excluding hydrogens is 264 g/mol. The van der Waals surface area contributed by atoms with E-state index in [1.165, 1.54) is 11.3 Å². The molecule has 2 nitrogen and oxygen atoms in total. The molecule has 1 amide bonds. The summed E-state index contributed by atoms with van der Waals surface area (Å²) in [6.07, 6.45) is -2.51. The Balaban J connectivity index is 2.54. The number of rotatable bonds is 3. The second kappa shape index (κ2) is 4.66. The maximum Gasteiger partial charge on any atom is 0.255 e. The zero-order chi connectivity index (χ0) is 9.84. The van der Waals surface area contributed by atoms with Crippen LogP contribution in [-0.4, -0.2) is 18.9 Å². The molecule has 0 aliphatic carbocycles. The Morgan fingerprint density at radius 3 is 2.77 bits per heavy atom. The lowest BCUT2D eigenvalue weighted by Crippen LogP contribution is -2.28. The van der Waals surface area contributed by atoms with Crippen LogP contribution in [0.3, 0.4) is 0 Å². The smallest absolute Gasteiger partial charge is 0.255 e. The van der Waals surface area contributed by atoms with E-state index in [2.05, 4.69) is 21.2 Å². The predicted octanol–water partition coefficient (Wildman–Crippen LogP) is 2.51. The lowest BCUT2D eigenvalue weighted by Gasteiger charge is -2.02. The second-order valence-electron chi connectivity index (χ2n) is 2.23. The van der Waals surface area contributed by atoms with Crippen LogP contribution in [0.2, 0.25) is 0 Å². The first kappa shape index (κ1) is 10.6. The van der Waals surface area contributed by atoms with Crippen LogP contribution in [0.5, 0.6) is 0 Å². The summed E-state index contributed by atoms with van der Waals surface area (Å²) in [5.41, 5.74) is 0.394. The molecule has 6 heteroatoms. The van der Waals surface area contributed by atoms with Crippen LogP contribution < -0.4 is 5.32 Å². The van der Waals surface area contributed by atoms with Gasteiger partial charge in [0.2, 0.25) is 0 Å². The Kier molecular flexibility index (Phi) is 3.80. The Morgan fingerprint density at radius 1 is 1.62 bits per heavy atom. The fourth-order valence-corrected chi connectivity index (χ4v) is 2.16. The third-order valence-electron chi connectivity index (χ3n) is 1.28. The van der Waals surface area contributed by atoms with Gasteiger partial charge in [0.05, 0.1) is 12.1 Å². The Labute approximate surface area is 86.1 Å². The molecule has 0 radical (unpaired) electrons. The summed E-state index contributed by atoms with van der Waals surface area (Å²) in [5.74, 6) is -0.478. The van der Waals surface area contributed by atoms with Gasteiger partial charge in [0.25, 0.3) is 12.3 Å². The van der Waals surface area contributed by atoms with Gasteiger partial charge >= 0.3 is 0 Å². The van der Waals surface area contributed by atoms with E-state index >= 15 is 0 Å². The fraction of sp³-hybridized carbons (Fsp3) is 0.286. The van der Waals surface area contributed by atoms with E-state index in [0.717, 1.165) is 0 Å². The lowest BCUT2D eigenvalue weighted by molar-refractivity contribution is 0.0891. The summed E-state index contributed by atoms with van der Waals surface area (Å²) in [6, 6.07) is 0. The minimum absolute atomic E-state index is 0.394. The van der Waals surface area contributed by atoms with Crippen LogP contribution in [0.25, 0.3) is 0 Å². The number of hydrogen-bond acceptors (Lipinski definition) is 2. The van der Waals surface area contributed by atoms with E-state index in [4.69, 9.17) is 0 Å². The number of carbonyl (C=O) groups is 1. The van der Waals surface area contributed by atoms with Crippen molar-refractivity contribution in [1.29, 1.82) is 0 Å². The van der Waals surface area contributed by atoms with E-state index in [1.807, 2.05) is 0 Å². The van der Waals surface area contributed by atoms with Crippen LogP contribution in [0.15, 0.2) is 15.2 Å². The Hall–Kier alpha value is -0.490. The Morgan fingerprint density at radius 2 is 2.31 bits per heavy atom. The second-order valence-corrected chi connectivity index (χ2v) is 3.83. The van der Waals surface area contributed by atoms with Crippen LogP contribution in [0.1, 0.15) is 10.4 Å². The van der Waals surface area contributed by atoms with Gasteiger partial charge < -0.3 is 5.32 Å². The number of nitrogens with one attached hydrogen (secondary N) is 1. The van der Waals surface area contributed by atoms with Gasteiger partial charge in [0, 0.05) is 15.2 Å². The van der Waals surface area contributed by atoms with Crippen molar-refractivity contribution < 1.29 is 13.6 Å². The van der Waals surface area contributed by atoms with Gasteiger partial charge in [0.1, 0.15) is 0 Å². The highest BCUT2D eigenvalue weighted by molar-refractivity contribution is 9.10. The molecule has 13 heavy (non-hydrogen) atoms. The molecule has 0 aliphatic heterocycles. The maximum absolute atomic E-state index is 11.7.